The van der Waals surface area contributed by atoms with Crippen LogP contribution < -0.4 is 10.2 Å². The Morgan fingerprint density at radius 3 is 2.46 bits per heavy atom. The molecule has 1 saturated heterocycles. The predicted octanol–water partition coefficient (Wildman–Crippen LogP) is 1.72. The number of carbonyl (C=O) groups excluding carboxylic acids is 1. The van der Waals surface area contributed by atoms with E-state index in [0.29, 0.717) is 43.6 Å². The van der Waals surface area contributed by atoms with Crippen molar-refractivity contribution < 1.29 is 14.7 Å². The molecule has 1 atom stereocenters. The van der Waals surface area contributed by atoms with Gasteiger partial charge in [-0.2, -0.15) is 8.75 Å². The van der Waals surface area contributed by atoms with Crippen LogP contribution in [0, 0.1) is 0 Å². The summed E-state index contributed by atoms with van der Waals surface area (Å²) in [5, 5.41) is 11.8. The Bertz CT molecular complexity index is 764. The number of amides is 2. The normalized spacial score (nSPS) is 15.6. The van der Waals surface area contributed by atoms with Gasteiger partial charge < -0.3 is 20.2 Å². The molecular weight excluding hydrogens is 378 g/mol. The molecule has 0 saturated carbocycles. The Morgan fingerprint density at radius 2 is 1.88 bits per heavy atom. The van der Waals surface area contributed by atoms with Gasteiger partial charge in [0.15, 0.2) is 11.0 Å². The van der Waals surface area contributed by atoms with E-state index in [2.05, 4.69) is 14.1 Å². The molecule has 1 aromatic heterocycles. The van der Waals surface area contributed by atoms with Gasteiger partial charge in [-0.15, -0.1) is 0 Å². The number of halogens is 1. The monoisotopic (exact) mass is 395 g/mol. The molecule has 1 unspecified atom stereocenters. The molecule has 138 valence electrons. The van der Waals surface area contributed by atoms with Crippen LogP contribution in [0.1, 0.15) is 5.56 Å². The molecule has 1 aromatic carbocycles. The zero-order valence-electron chi connectivity index (χ0n) is 13.8. The Balaban J connectivity index is 1.64. The first-order valence-electron chi connectivity index (χ1n) is 8.10. The first kappa shape index (κ1) is 18.4. The summed E-state index contributed by atoms with van der Waals surface area (Å²) in [5.74, 6) is 0.409. The zero-order valence-corrected chi connectivity index (χ0v) is 15.4. The number of hydrogen-bond donors (Lipinski definition) is 2. The summed E-state index contributed by atoms with van der Waals surface area (Å²) in [5.41, 5.74) is 0.901. The van der Waals surface area contributed by atoms with Crippen molar-refractivity contribution in [2.45, 2.75) is 12.5 Å². The smallest absolute Gasteiger partial charge is 0.405 e. The number of piperazine rings is 1. The van der Waals surface area contributed by atoms with Gasteiger partial charge in [-0.1, -0.05) is 41.9 Å². The van der Waals surface area contributed by atoms with Gasteiger partial charge >= 0.3 is 6.09 Å². The molecule has 8 nitrogen and oxygen atoms in total. The van der Waals surface area contributed by atoms with Crippen molar-refractivity contribution in [3.63, 3.8) is 0 Å². The van der Waals surface area contributed by atoms with Crippen molar-refractivity contribution in [2.75, 3.05) is 31.1 Å². The Kier molecular flexibility index (Phi) is 5.89. The molecule has 10 heteroatoms. The first-order chi connectivity index (χ1) is 12.5. The van der Waals surface area contributed by atoms with E-state index in [1.807, 2.05) is 35.2 Å². The fourth-order valence-corrected chi connectivity index (χ4v) is 3.70. The largest absolute Gasteiger partial charge is 0.465 e. The van der Waals surface area contributed by atoms with Crippen LogP contribution in [-0.2, 0) is 11.2 Å². The van der Waals surface area contributed by atoms with Crippen LogP contribution >= 0.6 is 23.3 Å². The van der Waals surface area contributed by atoms with Gasteiger partial charge in [-0.3, -0.25) is 4.79 Å². The Hall–Kier alpha value is -2.39. The average molecular weight is 396 g/mol. The predicted molar refractivity (Wildman–Crippen MR) is 98.8 cm³/mol. The van der Waals surface area contributed by atoms with Gasteiger partial charge in [0.05, 0.1) is 11.7 Å². The standard InChI is InChI=1S/C16H18ClN5O3S/c17-13-14(20-26-19-13)21-6-8-22(9-7-21)15(23)12(18-16(24)25)10-11-4-2-1-3-5-11/h1-5,12,18H,6-10H2,(H,24,25). The van der Waals surface area contributed by atoms with E-state index in [1.54, 1.807) is 4.90 Å². The van der Waals surface area contributed by atoms with Gasteiger partial charge in [0.25, 0.3) is 0 Å². The number of carbonyl (C=O) groups is 2. The molecule has 2 amide bonds. The molecule has 3 rings (SSSR count). The SMILES string of the molecule is O=C(O)NC(Cc1ccccc1)C(=O)N1CCN(c2nsnc2Cl)CC1. The van der Waals surface area contributed by atoms with E-state index < -0.39 is 12.1 Å². The van der Waals surface area contributed by atoms with Crippen LogP contribution in [0.25, 0.3) is 0 Å². The third kappa shape index (κ3) is 4.41. The minimum atomic E-state index is -1.21. The van der Waals surface area contributed by atoms with Gasteiger partial charge in [0, 0.05) is 32.6 Å². The molecule has 0 aliphatic carbocycles. The summed E-state index contributed by atoms with van der Waals surface area (Å²) < 4.78 is 8.12. The van der Waals surface area contributed by atoms with Crippen molar-refractivity contribution >= 4 is 41.1 Å². The molecule has 0 bridgehead atoms. The van der Waals surface area contributed by atoms with Crippen molar-refractivity contribution in [1.29, 1.82) is 0 Å². The van der Waals surface area contributed by atoms with E-state index in [1.165, 1.54) is 0 Å². The molecule has 1 fully saturated rings. The molecule has 2 aromatic rings. The summed E-state index contributed by atoms with van der Waals surface area (Å²) >= 11 is 7.06. The van der Waals surface area contributed by atoms with Crippen molar-refractivity contribution in [2.24, 2.45) is 0 Å². The number of hydrogen-bond acceptors (Lipinski definition) is 6. The summed E-state index contributed by atoms with van der Waals surface area (Å²) in [6.45, 7) is 2.09. The first-order valence-corrected chi connectivity index (χ1v) is 9.20. The molecule has 2 heterocycles. The lowest BCUT2D eigenvalue weighted by molar-refractivity contribution is -0.133. The minimum absolute atomic E-state index is 0.224. The maximum absolute atomic E-state index is 12.8. The van der Waals surface area contributed by atoms with Crippen molar-refractivity contribution in [1.82, 2.24) is 19.0 Å². The highest BCUT2D eigenvalue weighted by Crippen LogP contribution is 2.24. The Labute approximate surface area is 159 Å². The number of benzene rings is 1. The third-order valence-corrected chi connectivity index (χ3v) is 5.07. The molecule has 1 aliphatic rings. The molecular formula is C16H18ClN5O3S. The van der Waals surface area contributed by atoms with E-state index in [9.17, 15) is 9.59 Å². The lowest BCUT2D eigenvalue weighted by Crippen LogP contribution is -2.55. The van der Waals surface area contributed by atoms with Gasteiger partial charge in [-0.25, -0.2) is 4.79 Å². The lowest BCUT2D eigenvalue weighted by Gasteiger charge is -2.36. The third-order valence-electron chi connectivity index (χ3n) is 4.20. The maximum Gasteiger partial charge on any atom is 0.405 e. The fraction of sp³-hybridized carbons (Fsp3) is 0.375. The van der Waals surface area contributed by atoms with Crippen LogP contribution in [0.15, 0.2) is 30.3 Å². The van der Waals surface area contributed by atoms with Gasteiger partial charge in [0.1, 0.15) is 6.04 Å². The second-order valence-corrected chi connectivity index (χ2v) is 6.77. The molecule has 2 N–H and O–H groups in total. The highest BCUT2D eigenvalue weighted by atomic mass is 35.5. The van der Waals surface area contributed by atoms with Crippen LogP contribution in [0.5, 0.6) is 0 Å². The van der Waals surface area contributed by atoms with Crippen LogP contribution in [-0.4, -0.2) is 63.0 Å². The quantitative estimate of drug-likeness (QED) is 0.799. The highest BCUT2D eigenvalue weighted by molar-refractivity contribution is 6.99. The molecule has 0 spiro atoms. The van der Waals surface area contributed by atoms with Crippen molar-refractivity contribution in [3.05, 3.63) is 41.0 Å². The summed E-state index contributed by atoms with van der Waals surface area (Å²) in [4.78, 5) is 27.6. The van der Waals surface area contributed by atoms with E-state index in [-0.39, 0.29) is 5.91 Å². The van der Waals surface area contributed by atoms with E-state index >= 15 is 0 Å². The van der Waals surface area contributed by atoms with Crippen LogP contribution in [0.2, 0.25) is 5.15 Å². The van der Waals surface area contributed by atoms with Crippen molar-refractivity contribution in [3.8, 4) is 0 Å². The fourth-order valence-electron chi connectivity index (χ4n) is 2.92. The van der Waals surface area contributed by atoms with E-state index in [0.717, 1.165) is 17.3 Å². The number of nitrogens with one attached hydrogen (secondary N) is 1. The van der Waals surface area contributed by atoms with Crippen LogP contribution in [0.4, 0.5) is 10.6 Å². The lowest BCUT2D eigenvalue weighted by atomic mass is 10.0. The second kappa shape index (κ2) is 8.33. The van der Waals surface area contributed by atoms with E-state index in [4.69, 9.17) is 16.7 Å². The zero-order chi connectivity index (χ0) is 18.5. The number of carboxylic acid groups (broad SMARTS) is 1. The molecule has 1 aliphatic heterocycles. The average Bonchev–Trinajstić information content (AvgIpc) is 3.07. The van der Waals surface area contributed by atoms with Gasteiger partial charge in [0.2, 0.25) is 5.91 Å². The Morgan fingerprint density at radius 1 is 1.19 bits per heavy atom. The second-order valence-electron chi connectivity index (χ2n) is 5.88. The number of aromatic nitrogens is 2. The maximum atomic E-state index is 12.8. The molecule has 26 heavy (non-hydrogen) atoms. The van der Waals surface area contributed by atoms with Crippen LogP contribution in [0.3, 0.4) is 0 Å². The molecule has 0 radical (unpaired) electrons. The highest BCUT2D eigenvalue weighted by Gasteiger charge is 2.30. The minimum Gasteiger partial charge on any atom is -0.465 e. The number of anilines is 1. The van der Waals surface area contributed by atoms with Gasteiger partial charge in [-0.05, 0) is 5.56 Å². The summed E-state index contributed by atoms with van der Waals surface area (Å²) in [7, 11) is 0. The topological polar surface area (TPSA) is 98.7 Å². The summed E-state index contributed by atoms with van der Waals surface area (Å²) in [6.07, 6.45) is -0.896. The number of nitrogens with zero attached hydrogens (tertiary/aromatic N) is 4. The summed E-state index contributed by atoms with van der Waals surface area (Å²) in [6, 6.07) is 8.54. The number of rotatable bonds is 5.